The van der Waals surface area contributed by atoms with Gasteiger partial charge in [0.25, 0.3) is 0 Å². The molecular weight excluding hydrogens is 430 g/mol. The molecule has 0 aliphatic carbocycles. The number of nitrogens with zero attached hydrogens (tertiary/aromatic N) is 2. The first kappa shape index (κ1) is 29.9. The van der Waals surface area contributed by atoms with Gasteiger partial charge in [-0.1, -0.05) is 5.18 Å². The van der Waals surface area contributed by atoms with Crippen LogP contribution in [0.15, 0.2) is 5.18 Å². The number of nitrogens with two attached hydrogens (primary N) is 1. The number of aldehydes is 1. The van der Waals surface area contributed by atoms with Gasteiger partial charge in [0, 0.05) is 38.9 Å². The second kappa shape index (κ2) is 17.4. The number of thioether (sulfide) groups is 1. The van der Waals surface area contributed by atoms with Crippen LogP contribution < -0.4 is 5.73 Å². The van der Waals surface area contributed by atoms with Crippen molar-refractivity contribution in [3.05, 3.63) is 4.91 Å². The molecule has 0 bridgehead atoms. The van der Waals surface area contributed by atoms with Crippen molar-refractivity contribution in [2.45, 2.75) is 69.0 Å². The van der Waals surface area contributed by atoms with Crippen LogP contribution in [0.1, 0.15) is 33.1 Å². The summed E-state index contributed by atoms with van der Waals surface area (Å²) in [6.07, 6.45) is -1.93. The van der Waals surface area contributed by atoms with Crippen LogP contribution in [0.3, 0.4) is 0 Å². The molecule has 12 heteroatoms. The molecule has 11 nitrogen and oxygen atoms in total. The average molecular weight is 468 g/mol. The topological polar surface area (TPSA) is 172 Å². The number of ether oxygens (including phenoxy) is 2. The van der Waals surface area contributed by atoms with E-state index >= 15 is 0 Å². The number of rotatable bonds is 19. The minimum Gasteiger partial charge on any atom is -0.394 e. The Morgan fingerprint density at radius 3 is 2.48 bits per heavy atom. The summed E-state index contributed by atoms with van der Waals surface area (Å²) < 4.78 is 11.2. The maximum Gasteiger partial charge on any atom is 0.223 e. The van der Waals surface area contributed by atoms with Gasteiger partial charge < -0.3 is 40.2 Å². The number of hydrogen-bond acceptors (Lipinski definition) is 11. The highest BCUT2D eigenvalue weighted by molar-refractivity contribution is 8.00. The third-order valence-corrected chi connectivity index (χ3v) is 5.65. The van der Waals surface area contributed by atoms with E-state index in [4.69, 9.17) is 15.2 Å². The molecule has 31 heavy (non-hydrogen) atoms. The number of carbonyl (C=O) groups is 2. The molecule has 0 saturated heterocycles. The number of aliphatic hydroxyl groups is 3. The van der Waals surface area contributed by atoms with E-state index in [0.717, 1.165) is 11.8 Å². The molecule has 0 saturated carbocycles. The SMILES string of the molecule is CC(O)CCCOC(OC(CSC(C=O)CC(=O)N(C)CCN)C(C)O)C(CO)N=O. The highest BCUT2D eigenvalue weighted by Crippen LogP contribution is 2.21. The minimum atomic E-state index is -1.20. The van der Waals surface area contributed by atoms with Gasteiger partial charge in [-0.3, -0.25) is 4.79 Å². The normalized spacial score (nSPS) is 17.3. The van der Waals surface area contributed by atoms with Crippen LogP contribution in [-0.2, 0) is 19.1 Å². The zero-order valence-corrected chi connectivity index (χ0v) is 19.3. The Labute approximate surface area is 187 Å². The molecular formula is C19H37N3O8S. The van der Waals surface area contributed by atoms with Crippen LogP contribution in [0.4, 0.5) is 0 Å². The largest absolute Gasteiger partial charge is 0.394 e. The van der Waals surface area contributed by atoms with E-state index in [1.807, 2.05) is 0 Å². The van der Waals surface area contributed by atoms with Crippen LogP contribution in [0, 0.1) is 4.91 Å². The molecule has 0 rings (SSSR count). The van der Waals surface area contributed by atoms with Crippen LogP contribution in [0.2, 0.25) is 0 Å². The second-order valence-electron chi connectivity index (χ2n) is 7.32. The molecule has 0 spiro atoms. The lowest BCUT2D eigenvalue weighted by Crippen LogP contribution is -2.41. The quantitative estimate of drug-likeness (QED) is 0.0839. The summed E-state index contributed by atoms with van der Waals surface area (Å²) in [5.74, 6) is -0.0890. The summed E-state index contributed by atoms with van der Waals surface area (Å²) in [5.41, 5.74) is 5.43. The summed E-state index contributed by atoms with van der Waals surface area (Å²) in [5, 5.41) is 30.9. The third-order valence-electron chi connectivity index (χ3n) is 4.42. The van der Waals surface area contributed by atoms with Crippen molar-refractivity contribution in [3.8, 4) is 0 Å². The monoisotopic (exact) mass is 467 g/mol. The van der Waals surface area contributed by atoms with Crippen molar-refractivity contribution in [2.24, 2.45) is 10.9 Å². The summed E-state index contributed by atoms with van der Waals surface area (Å²) in [6.45, 7) is 3.36. The number of carbonyl (C=O) groups excluding carboxylic acids is 2. The first-order valence-electron chi connectivity index (χ1n) is 10.3. The molecule has 0 heterocycles. The molecule has 6 atom stereocenters. The number of nitroso groups, excluding NO2 is 1. The van der Waals surface area contributed by atoms with Gasteiger partial charge in [-0.2, -0.15) is 4.91 Å². The molecule has 0 aromatic carbocycles. The number of aliphatic hydroxyl groups excluding tert-OH is 3. The molecule has 0 aromatic heterocycles. The van der Waals surface area contributed by atoms with E-state index < -0.39 is 42.5 Å². The van der Waals surface area contributed by atoms with Crippen molar-refractivity contribution >= 4 is 24.0 Å². The second-order valence-corrected chi connectivity index (χ2v) is 8.59. The van der Waals surface area contributed by atoms with E-state index in [1.54, 1.807) is 14.0 Å². The zero-order chi connectivity index (χ0) is 23.8. The highest BCUT2D eigenvalue weighted by Gasteiger charge is 2.30. The molecule has 6 unspecified atom stereocenters. The van der Waals surface area contributed by atoms with Crippen molar-refractivity contribution in [3.63, 3.8) is 0 Å². The molecule has 1 amide bonds. The first-order chi connectivity index (χ1) is 14.7. The summed E-state index contributed by atoms with van der Waals surface area (Å²) in [7, 11) is 1.60. The van der Waals surface area contributed by atoms with Gasteiger partial charge in [-0.05, 0) is 26.7 Å². The van der Waals surface area contributed by atoms with E-state index in [-0.39, 0.29) is 24.7 Å². The lowest BCUT2D eigenvalue weighted by molar-refractivity contribution is -0.197. The third kappa shape index (κ3) is 13.1. The Hall–Kier alpha value is -1.15. The molecule has 5 N–H and O–H groups in total. The van der Waals surface area contributed by atoms with Gasteiger partial charge in [-0.25, -0.2) is 0 Å². The van der Waals surface area contributed by atoms with Gasteiger partial charge >= 0.3 is 0 Å². The van der Waals surface area contributed by atoms with Crippen molar-refractivity contribution in [2.75, 3.05) is 39.1 Å². The predicted molar refractivity (Wildman–Crippen MR) is 117 cm³/mol. The van der Waals surface area contributed by atoms with Gasteiger partial charge in [0.05, 0.1) is 30.2 Å². The predicted octanol–water partition coefficient (Wildman–Crippen LogP) is -0.509. The summed E-state index contributed by atoms with van der Waals surface area (Å²) >= 11 is 1.13. The lowest BCUT2D eigenvalue weighted by Gasteiger charge is -2.29. The average Bonchev–Trinajstić information content (AvgIpc) is 2.72. The first-order valence-corrected chi connectivity index (χ1v) is 11.3. The standard InChI is InChI=1S/C19H37N3O8S/c1-13(25)5-4-8-29-19(16(11-24)21-28)30-17(14(2)26)12-31-15(10-23)9-18(27)22(3)7-6-20/h10,13-17,19,24-26H,4-9,11-12,20H2,1-3H3. The molecule has 0 fully saturated rings. The smallest absolute Gasteiger partial charge is 0.223 e. The zero-order valence-electron chi connectivity index (χ0n) is 18.5. The maximum atomic E-state index is 12.1. The van der Waals surface area contributed by atoms with Gasteiger partial charge in [0.2, 0.25) is 5.91 Å². The Bertz CT molecular complexity index is 513. The summed E-state index contributed by atoms with van der Waals surface area (Å²) in [6, 6.07) is -1.20. The van der Waals surface area contributed by atoms with Gasteiger partial charge in [0.1, 0.15) is 6.29 Å². The minimum absolute atomic E-state index is 0.0222. The lowest BCUT2D eigenvalue weighted by atomic mass is 10.2. The fourth-order valence-corrected chi connectivity index (χ4v) is 3.60. The van der Waals surface area contributed by atoms with Gasteiger partial charge in [-0.15, -0.1) is 11.8 Å². The van der Waals surface area contributed by atoms with Crippen LogP contribution in [0.5, 0.6) is 0 Å². The molecule has 0 aromatic rings. The van der Waals surface area contributed by atoms with Crippen LogP contribution in [0.25, 0.3) is 0 Å². The molecule has 0 radical (unpaired) electrons. The van der Waals surface area contributed by atoms with E-state index in [0.29, 0.717) is 32.2 Å². The van der Waals surface area contributed by atoms with E-state index in [9.17, 15) is 29.8 Å². The van der Waals surface area contributed by atoms with Crippen molar-refractivity contribution in [1.82, 2.24) is 4.90 Å². The molecule has 0 aliphatic rings. The van der Waals surface area contributed by atoms with Crippen molar-refractivity contribution < 1.29 is 34.4 Å². The van der Waals surface area contributed by atoms with Crippen LogP contribution >= 0.6 is 11.8 Å². The van der Waals surface area contributed by atoms with Crippen LogP contribution in [-0.4, -0.2) is 107 Å². The van der Waals surface area contributed by atoms with E-state index in [2.05, 4.69) is 5.18 Å². The Kier molecular flexibility index (Phi) is 16.8. The number of likely N-dealkylation sites (N-methyl/N-ethyl adjacent to an activating group) is 1. The van der Waals surface area contributed by atoms with E-state index in [1.165, 1.54) is 11.8 Å². The van der Waals surface area contributed by atoms with Crippen molar-refractivity contribution in [1.29, 1.82) is 0 Å². The summed E-state index contributed by atoms with van der Waals surface area (Å²) in [4.78, 5) is 36.0. The highest BCUT2D eigenvalue weighted by atomic mass is 32.2. The fraction of sp³-hybridized carbons (Fsp3) is 0.895. The molecule has 182 valence electrons. The fourth-order valence-electron chi connectivity index (χ4n) is 2.46. The Morgan fingerprint density at radius 2 is 2.00 bits per heavy atom. The number of hydrogen-bond donors (Lipinski definition) is 4. The van der Waals surface area contributed by atoms with Gasteiger partial charge in [0.15, 0.2) is 12.3 Å². The Balaban J connectivity index is 4.95. The number of amides is 1. The Morgan fingerprint density at radius 1 is 1.32 bits per heavy atom. The molecule has 0 aliphatic heterocycles. The maximum absolute atomic E-state index is 12.1.